The number of hydrogen-bond donors (Lipinski definition) is 0. The average molecular weight is 421 g/mol. The summed E-state index contributed by atoms with van der Waals surface area (Å²) in [7, 11) is 0. The van der Waals surface area contributed by atoms with Crippen LogP contribution in [0.3, 0.4) is 0 Å². The first-order chi connectivity index (χ1) is 16.3. The van der Waals surface area contributed by atoms with Gasteiger partial charge in [-0.15, -0.1) is 0 Å². The Hall–Kier alpha value is -4.61. The van der Waals surface area contributed by atoms with Crippen LogP contribution in [0.2, 0.25) is 0 Å². The van der Waals surface area contributed by atoms with Crippen LogP contribution in [0.4, 0.5) is 0 Å². The third-order valence-electron chi connectivity index (χ3n) is 6.23. The number of nitrogens with zero attached hydrogens (tertiary/aromatic N) is 2. The van der Waals surface area contributed by atoms with E-state index in [1.165, 1.54) is 16.3 Å². The molecule has 5 aromatic carbocycles. The number of nitriles is 1. The second-order valence-electron chi connectivity index (χ2n) is 8.16. The van der Waals surface area contributed by atoms with E-state index in [1.54, 1.807) is 0 Å². The summed E-state index contributed by atoms with van der Waals surface area (Å²) in [6.45, 7) is 0. The van der Waals surface area contributed by atoms with E-state index >= 15 is 0 Å². The first kappa shape index (κ1) is 19.1. The van der Waals surface area contributed by atoms with Gasteiger partial charge >= 0.3 is 0 Å². The molecule has 6 aromatic rings. The highest BCUT2D eigenvalue weighted by Crippen LogP contribution is 2.38. The number of para-hydroxylation sites is 2. The Labute approximate surface area is 192 Å². The van der Waals surface area contributed by atoms with Crippen LogP contribution in [0, 0.1) is 11.3 Å². The standard InChI is InChI=1S/C31H20N2/c32-21-22-15-17-26(23-9-3-1-4-10-23)29(19-22)24-16-18-28-27-13-7-8-14-30(27)33(31(28)20-24)25-11-5-2-6-12-25/h1-20H. The average Bonchev–Trinajstić information content (AvgIpc) is 3.23. The van der Waals surface area contributed by atoms with Gasteiger partial charge in [-0.1, -0.05) is 84.9 Å². The fraction of sp³-hybridized carbons (Fsp3) is 0. The lowest BCUT2D eigenvalue weighted by atomic mass is 9.92. The zero-order valence-electron chi connectivity index (χ0n) is 17.9. The summed E-state index contributed by atoms with van der Waals surface area (Å²) in [4.78, 5) is 0. The fourth-order valence-electron chi connectivity index (χ4n) is 4.72. The van der Waals surface area contributed by atoms with Crippen molar-refractivity contribution in [1.82, 2.24) is 4.57 Å². The molecule has 0 aliphatic rings. The molecule has 0 bridgehead atoms. The van der Waals surface area contributed by atoms with Crippen LogP contribution in [-0.2, 0) is 0 Å². The zero-order valence-corrected chi connectivity index (χ0v) is 17.9. The first-order valence-corrected chi connectivity index (χ1v) is 11.0. The molecule has 0 atom stereocenters. The Morgan fingerprint density at radius 1 is 0.515 bits per heavy atom. The molecule has 6 rings (SSSR count). The molecule has 2 nitrogen and oxygen atoms in total. The molecular formula is C31H20N2. The van der Waals surface area contributed by atoms with E-state index in [1.807, 2.05) is 36.4 Å². The number of rotatable bonds is 3. The summed E-state index contributed by atoms with van der Waals surface area (Å²) in [5.74, 6) is 0. The minimum Gasteiger partial charge on any atom is -0.309 e. The Kier molecular flexibility index (Phi) is 4.53. The van der Waals surface area contributed by atoms with Crippen molar-refractivity contribution in [3.05, 3.63) is 127 Å². The quantitative estimate of drug-likeness (QED) is 0.285. The largest absolute Gasteiger partial charge is 0.309 e. The van der Waals surface area contributed by atoms with E-state index < -0.39 is 0 Å². The second kappa shape index (κ2) is 7.82. The van der Waals surface area contributed by atoms with Crippen LogP contribution in [0.25, 0.3) is 49.7 Å². The van der Waals surface area contributed by atoms with E-state index in [2.05, 4.69) is 95.6 Å². The molecule has 0 aliphatic heterocycles. The van der Waals surface area contributed by atoms with Crippen molar-refractivity contribution in [3.8, 4) is 34.0 Å². The van der Waals surface area contributed by atoms with Gasteiger partial charge in [0, 0.05) is 16.5 Å². The van der Waals surface area contributed by atoms with Gasteiger partial charge in [0.25, 0.3) is 0 Å². The highest BCUT2D eigenvalue weighted by molar-refractivity contribution is 6.10. The van der Waals surface area contributed by atoms with Crippen molar-refractivity contribution >= 4 is 21.8 Å². The van der Waals surface area contributed by atoms with Gasteiger partial charge in [0.1, 0.15) is 0 Å². The highest BCUT2D eigenvalue weighted by atomic mass is 15.0. The first-order valence-electron chi connectivity index (χ1n) is 11.0. The lowest BCUT2D eigenvalue weighted by Crippen LogP contribution is -1.93. The predicted octanol–water partition coefficient (Wildman–Crippen LogP) is 7.99. The van der Waals surface area contributed by atoms with Gasteiger partial charge in [-0.3, -0.25) is 0 Å². The summed E-state index contributed by atoms with van der Waals surface area (Å²) in [5, 5.41) is 12.0. The molecule has 2 heteroatoms. The van der Waals surface area contributed by atoms with Gasteiger partial charge in [-0.25, -0.2) is 0 Å². The molecule has 0 saturated carbocycles. The van der Waals surface area contributed by atoms with Crippen molar-refractivity contribution < 1.29 is 0 Å². The van der Waals surface area contributed by atoms with E-state index in [0.29, 0.717) is 5.56 Å². The maximum atomic E-state index is 9.58. The number of aromatic nitrogens is 1. The maximum Gasteiger partial charge on any atom is 0.0991 e. The van der Waals surface area contributed by atoms with Crippen LogP contribution in [0.1, 0.15) is 5.56 Å². The van der Waals surface area contributed by atoms with Crippen molar-refractivity contribution in [2.45, 2.75) is 0 Å². The van der Waals surface area contributed by atoms with Gasteiger partial charge in [0.15, 0.2) is 0 Å². The van der Waals surface area contributed by atoms with Gasteiger partial charge in [-0.05, 0) is 58.7 Å². The lowest BCUT2D eigenvalue weighted by molar-refractivity contribution is 1.18. The summed E-state index contributed by atoms with van der Waals surface area (Å²) in [6.07, 6.45) is 0. The smallest absolute Gasteiger partial charge is 0.0991 e. The molecular weight excluding hydrogens is 400 g/mol. The molecule has 1 aromatic heterocycles. The SMILES string of the molecule is N#Cc1ccc(-c2ccccc2)c(-c2ccc3c4ccccc4n(-c4ccccc4)c3c2)c1. The van der Waals surface area contributed by atoms with E-state index in [4.69, 9.17) is 0 Å². The molecule has 0 fully saturated rings. The highest BCUT2D eigenvalue weighted by Gasteiger charge is 2.15. The van der Waals surface area contributed by atoms with Crippen LogP contribution < -0.4 is 0 Å². The third-order valence-corrected chi connectivity index (χ3v) is 6.23. The monoisotopic (exact) mass is 420 g/mol. The summed E-state index contributed by atoms with van der Waals surface area (Å²) in [6, 6.07) is 44.3. The minimum atomic E-state index is 0.661. The van der Waals surface area contributed by atoms with E-state index in [9.17, 15) is 5.26 Å². The maximum absolute atomic E-state index is 9.58. The minimum absolute atomic E-state index is 0.661. The molecule has 0 amide bonds. The van der Waals surface area contributed by atoms with Gasteiger partial charge < -0.3 is 4.57 Å². The Morgan fingerprint density at radius 2 is 1.21 bits per heavy atom. The summed E-state index contributed by atoms with van der Waals surface area (Å²) in [5.41, 5.74) is 8.55. The van der Waals surface area contributed by atoms with E-state index in [0.717, 1.165) is 33.5 Å². The predicted molar refractivity (Wildman–Crippen MR) is 136 cm³/mol. The lowest BCUT2D eigenvalue weighted by Gasteiger charge is -2.13. The van der Waals surface area contributed by atoms with Crippen molar-refractivity contribution in [2.24, 2.45) is 0 Å². The van der Waals surface area contributed by atoms with Crippen molar-refractivity contribution in [1.29, 1.82) is 5.26 Å². The number of hydrogen-bond acceptors (Lipinski definition) is 1. The van der Waals surface area contributed by atoms with Gasteiger partial charge in [0.2, 0.25) is 0 Å². The molecule has 1 heterocycles. The molecule has 0 radical (unpaired) electrons. The topological polar surface area (TPSA) is 28.7 Å². The van der Waals surface area contributed by atoms with Crippen LogP contribution in [0.15, 0.2) is 121 Å². The van der Waals surface area contributed by atoms with Crippen LogP contribution in [-0.4, -0.2) is 4.57 Å². The molecule has 0 saturated heterocycles. The Morgan fingerprint density at radius 3 is 2.00 bits per heavy atom. The Bertz CT molecular complexity index is 1650. The van der Waals surface area contributed by atoms with Crippen molar-refractivity contribution in [2.75, 3.05) is 0 Å². The number of benzene rings is 5. The van der Waals surface area contributed by atoms with Crippen LogP contribution in [0.5, 0.6) is 0 Å². The number of fused-ring (bicyclic) bond motifs is 3. The molecule has 33 heavy (non-hydrogen) atoms. The molecule has 0 aliphatic carbocycles. The molecule has 154 valence electrons. The summed E-state index contributed by atoms with van der Waals surface area (Å²) >= 11 is 0. The van der Waals surface area contributed by atoms with Gasteiger partial charge in [-0.2, -0.15) is 5.26 Å². The molecule has 0 unspecified atom stereocenters. The fourth-order valence-corrected chi connectivity index (χ4v) is 4.72. The molecule has 0 spiro atoms. The van der Waals surface area contributed by atoms with Gasteiger partial charge in [0.05, 0.1) is 22.7 Å². The van der Waals surface area contributed by atoms with E-state index in [-0.39, 0.29) is 0 Å². The van der Waals surface area contributed by atoms with Crippen LogP contribution >= 0.6 is 0 Å². The van der Waals surface area contributed by atoms with Crippen molar-refractivity contribution in [3.63, 3.8) is 0 Å². The third kappa shape index (κ3) is 3.19. The second-order valence-corrected chi connectivity index (χ2v) is 8.16. The Balaban J connectivity index is 1.67. The molecule has 0 N–H and O–H groups in total. The zero-order chi connectivity index (χ0) is 22.2. The summed E-state index contributed by atoms with van der Waals surface area (Å²) < 4.78 is 2.32. The normalized spacial score (nSPS) is 11.0.